The zero-order valence-corrected chi connectivity index (χ0v) is 21.7. The van der Waals surface area contributed by atoms with Gasteiger partial charge < -0.3 is 30.7 Å². The summed E-state index contributed by atoms with van der Waals surface area (Å²) < 4.78 is 11.3. The van der Waals surface area contributed by atoms with Gasteiger partial charge in [-0.15, -0.1) is 0 Å². The van der Waals surface area contributed by atoms with E-state index in [1.807, 2.05) is 44.1 Å². The molecule has 0 radical (unpaired) electrons. The summed E-state index contributed by atoms with van der Waals surface area (Å²) in [5, 5.41) is 5.85. The molecule has 0 aliphatic heterocycles. The van der Waals surface area contributed by atoms with Crippen molar-refractivity contribution in [1.29, 1.82) is 0 Å². The molecule has 0 saturated heterocycles. The van der Waals surface area contributed by atoms with E-state index < -0.39 is 5.91 Å². The molecule has 194 valence electrons. The molecule has 2 aromatic carbocycles. The van der Waals surface area contributed by atoms with Crippen LogP contribution in [0.15, 0.2) is 66.9 Å². The molecule has 0 saturated carbocycles. The Hall–Kier alpha value is -4.08. The minimum atomic E-state index is -0.475. The number of nitrogens with one attached hydrogen (secondary N) is 2. The first-order chi connectivity index (χ1) is 17.8. The Morgan fingerprint density at radius 3 is 2.57 bits per heavy atom. The molecule has 0 aliphatic rings. The molecule has 37 heavy (non-hydrogen) atoms. The van der Waals surface area contributed by atoms with Gasteiger partial charge in [0.15, 0.2) is 0 Å². The van der Waals surface area contributed by atoms with Crippen LogP contribution in [0.1, 0.15) is 23.0 Å². The zero-order valence-electron chi connectivity index (χ0n) is 21.0. The molecule has 3 rings (SSSR count). The fraction of sp³-hybridized carbons (Fsp3) is 0.222. The third-order valence-electron chi connectivity index (χ3n) is 4.99. The number of aromatic nitrogens is 1. The number of likely N-dealkylation sites (N-methyl/N-ethyl adjacent to an activating group) is 1. The lowest BCUT2D eigenvalue weighted by molar-refractivity contribution is -0.111. The zero-order chi connectivity index (χ0) is 26.8. The third-order valence-corrected chi connectivity index (χ3v) is 5.28. The third kappa shape index (κ3) is 8.23. The summed E-state index contributed by atoms with van der Waals surface area (Å²) in [7, 11) is 3.80. The maximum absolute atomic E-state index is 13.0. The van der Waals surface area contributed by atoms with E-state index in [1.165, 1.54) is 18.2 Å². The highest BCUT2D eigenvalue weighted by atomic mass is 35.5. The molecular weight excluding hydrogens is 494 g/mol. The van der Waals surface area contributed by atoms with E-state index in [0.29, 0.717) is 41.0 Å². The molecule has 2 amide bonds. The van der Waals surface area contributed by atoms with Crippen molar-refractivity contribution >= 4 is 40.5 Å². The van der Waals surface area contributed by atoms with Crippen LogP contribution < -0.4 is 25.8 Å². The number of pyridine rings is 1. The van der Waals surface area contributed by atoms with Gasteiger partial charge in [-0.2, -0.15) is 0 Å². The SMILES string of the molecule is CCOc1cc(N)c(C(=O)Nc2ccc(OCc3ccccn3)c(Cl)c2)cc1NC(=O)/C=C/CN(C)C. The second kappa shape index (κ2) is 13.3. The van der Waals surface area contributed by atoms with Gasteiger partial charge in [0.25, 0.3) is 5.91 Å². The van der Waals surface area contributed by atoms with Crippen molar-refractivity contribution in [2.75, 3.05) is 43.6 Å². The Balaban J connectivity index is 1.74. The van der Waals surface area contributed by atoms with Gasteiger partial charge in [-0.05, 0) is 57.4 Å². The lowest BCUT2D eigenvalue weighted by Crippen LogP contribution is -2.17. The Kier molecular flexibility index (Phi) is 9.88. The van der Waals surface area contributed by atoms with Crippen LogP contribution in [0.2, 0.25) is 5.02 Å². The van der Waals surface area contributed by atoms with Crippen LogP contribution in [0.25, 0.3) is 0 Å². The summed E-state index contributed by atoms with van der Waals surface area (Å²) >= 11 is 6.36. The number of amides is 2. The average molecular weight is 524 g/mol. The van der Waals surface area contributed by atoms with Crippen molar-refractivity contribution in [3.05, 3.63) is 83.2 Å². The molecular formula is C27H30ClN5O4. The van der Waals surface area contributed by atoms with E-state index in [1.54, 1.807) is 30.5 Å². The smallest absolute Gasteiger partial charge is 0.257 e. The van der Waals surface area contributed by atoms with Gasteiger partial charge in [-0.3, -0.25) is 14.6 Å². The Labute approximate surface area is 221 Å². The highest BCUT2D eigenvalue weighted by Gasteiger charge is 2.17. The van der Waals surface area contributed by atoms with E-state index >= 15 is 0 Å². The minimum Gasteiger partial charge on any atom is -0.492 e. The predicted molar refractivity (Wildman–Crippen MR) is 146 cm³/mol. The lowest BCUT2D eigenvalue weighted by atomic mass is 10.1. The fourth-order valence-electron chi connectivity index (χ4n) is 3.24. The predicted octanol–water partition coefficient (Wildman–Crippen LogP) is 4.60. The van der Waals surface area contributed by atoms with Gasteiger partial charge in [0.2, 0.25) is 5.91 Å². The lowest BCUT2D eigenvalue weighted by Gasteiger charge is -2.15. The average Bonchev–Trinajstić information content (AvgIpc) is 2.85. The van der Waals surface area contributed by atoms with Crippen LogP contribution >= 0.6 is 11.6 Å². The summed E-state index contributed by atoms with van der Waals surface area (Å²) in [6.45, 7) is 3.04. The van der Waals surface area contributed by atoms with Crippen LogP contribution in [0, 0.1) is 0 Å². The van der Waals surface area contributed by atoms with Gasteiger partial charge in [0.05, 0.1) is 28.6 Å². The van der Waals surface area contributed by atoms with Gasteiger partial charge in [0.1, 0.15) is 18.1 Å². The largest absolute Gasteiger partial charge is 0.492 e. The van der Waals surface area contributed by atoms with Gasteiger partial charge in [0, 0.05) is 36.3 Å². The molecule has 0 unspecified atom stereocenters. The Morgan fingerprint density at radius 1 is 1.08 bits per heavy atom. The number of nitrogens with two attached hydrogens (primary N) is 1. The summed E-state index contributed by atoms with van der Waals surface area (Å²) in [5.41, 5.74) is 8.05. The number of carbonyl (C=O) groups is 2. The number of halogens is 1. The van der Waals surface area contributed by atoms with Crippen LogP contribution in [-0.4, -0.2) is 48.9 Å². The van der Waals surface area contributed by atoms with Crippen molar-refractivity contribution in [1.82, 2.24) is 9.88 Å². The van der Waals surface area contributed by atoms with Crippen molar-refractivity contribution in [2.24, 2.45) is 0 Å². The standard InChI is InChI=1S/C27H30ClN5O4/c1-4-36-25-16-22(29)20(15-23(25)32-26(34)9-7-13-33(2)3)27(35)31-18-10-11-24(21(28)14-18)37-17-19-8-5-6-12-30-19/h5-12,14-16H,4,13,17,29H2,1-3H3,(H,31,35)(H,32,34)/b9-7+. The summed E-state index contributed by atoms with van der Waals surface area (Å²) in [5.74, 6) is -0.00833. The number of hydrogen-bond acceptors (Lipinski definition) is 7. The molecule has 3 aromatic rings. The summed E-state index contributed by atoms with van der Waals surface area (Å²) in [6.07, 6.45) is 4.84. The second-order valence-electron chi connectivity index (χ2n) is 8.23. The highest BCUT2D eigenvalue weighted by molar-refractivity contribution is 6.32. The van der Waals surface area contributed by atoms with Crippen molar-refractivity contribution < 1.29 is 19.1 Å². The number of carbonyl (C=O) groups excluding carboxylic acids is 2. The number of rotatable bonds is 11. The first-order valence-corrected chi connectivity index (χ1v) is 12.0. The molecule has 4 N–H and O–H groups in total. The van der Waals surface area contributed by atoms with E-state index in [-0.39, 0.29) is 23.8 Å². The molecule has 1 heterocycles. The number of anilines is 3. The highest BCUT2D eigenvalue weighted by Crippen LogP contribution is 2.32. The number of nitrogen functional groups attached to an aromatic ring is 1. The van der Waals surface area contributed by atoms with Crippen molar-refractivity contribution in [2.45, 2.75) is 13.5 Å². The summed E-state index contributed by atoms with van der Waals surface area (Å²) in [6, 6.07) is 13.5. The van der Waals surface area contributed by atoms with Gasteiger partial charge >= 0.3 is 0 Å². The topological polar surface area (TPSA) is 119 Å². The van der Waals surface area contributed by atoms with Crippen LogP contribution in [-0.2, 0) is 11.4 Å². The van der Waals surface area contributed by atoms with Gasteiger partial charge in [-0.25, -0.2) is 0 Å². The number of benzene rings is 2. The molecule has 10 heteroatoms. The quantitative estimate of drug-likeness (QED) is 0.248. The monoisotopic (exact) mass is 523 g/mol. The number of nitrogens with zero attached hydrogens (tertiary/aromatic N) is 2. The molecule has 9 nitrogen and oxygen atoms in total. The second-order valence-corrected chi connectivity index (χ2v) is 8.64. The van der Waals surface area contributed by atoms with Crippen LogP contribution in [0.5, 0.6) is 11.5 Å². The number of ether oxygens (including phenoxy) is 2. The van der Waals surface area contributed by atoms with E-state index in [2.05, 4.69) is 15.6 Å². The van der Waals surface area contributed by atoms with Crippen LogP contribution in [0.4, 0.5) is 17.1 Å². The van der Waals surface area contributed by atoms with E-state index in [0.717, 1.165) is 5.69 Å². The van der Waals surface area contributed by atoms with Crippen molar-refractivity contribution in [3.8, 4) is 11.5 Å². The molecule has 0 aliphatic carbocycles. The molecule has 0 fully saturated rings. The van der Waals surface area contributed by atoms with Gasteiger partial charge in [-0.1, -0.05) is 23.7 Å². The fourth-order valence-corrected chi connectivity index (χ4v) is 3.47. The first-order valence-electron chi connectivity index (χ1n) is 11.6. The van der Waals surface area contributed by atoms with Crippen molar-refractivity contribution in [3.63, 3.8) is 0 Å². The van der Waals surface area contributed by atoms with E-state index in [4.69, 9.17) is 26.8 Å². The summed E-state index contributed by atoms with van der Waals surface area (Å²) in [4.78, 5) is 31.6. The first kappa shape index (κ1) is 27.5. The molecule has 0 bridgehead atoms. The van der Waals surface area contributed by atoms with E-state index in [9.17, 15) is 9.59 Å². The normalized spacial score (nSPS) is 10.9. The number of hydrogen-bond donors (Lipinski definition) is 3. The maximum atomic E-state index is 13.0. The molecule has 0 spiro atoms. The Bertz CT molecular complexity index is 1270. The minimum absolute atomic E-state index is 0.169. The molecule has 0 atom stereocenters. The Morgan fingerprint density at radius 2 is 1.89 bits per heavy atom. The van der Waals surface area contributed by atoms with Crippen LogP contribution in [0.3, 0.4) is 0 Å². The maximum Gasteiger partial charge on any atom is 0.257 e. The molecule has 1 aromatic heterocycles.